The average Bonchev–Trinajstić information content (AvgIpc) is 2.65. The highest BCUT2D eigenvalue weighted by Gasteiger charge is 2.24. The molecular weight excluding hydrogens is 290 g/mol. The van der Waals surface area contributed by atoms with Gasteiger partial charge in [-0.1, -0.05) is 6.92 Å². The van der Waals surface area contributed by atoms with E-state index in [1.807, 2.05) is 0 Å². The van der Waals surface area contributed by atoms with Crippen molar-refractivity contribution in [2.45, 2.75) is 19.8 Å². The molecule has 1 aliphatic rings. The Morgan fingerprint density at radius 3 is 2.95 bits per heavy atom. The van der Waals surface area contributed by atoms with E-state index in [0.717, 1.165) is 18.7 Å². The fraction of sp³-hybridized carbons (Fsp3) is 0.571. The second kappa shape index (κ2) is 6.89. The number of anilines is 1. The number of amides is 1. The van der Waals surface area contributed by atoms with Gasteiger partial charge in [0, 0.05) is 32.0 Å². The van der Waals surface area contributed by atoms with Crippen LogP contribution in [0.5, 0.6) is 0 Å². The summed E-state index contributed by atoms with van der Waals surface area (Å²) in [7, 11) is -3.02. The third-order valence-corrected chi connectivity index (χ3v) is 5.17. The zero-order valence-electron chi connectivity index (χ0n) is 12.2. The van der Waals surface area contributed by atoms with E-state index in [9.17, 15) is 13.2 Å². The van der Waals surface area contributed by atoms with Crippen LogP contribution in [0.25, 0.3) is 0 Å². The molecule has 0 unspecified atom stereocenters. The highest BCUT2D eigenvalue weighted by Crippen LogP contribution is 2.17. The van der Waals surface area contributed by atoms with Crippen LogP contribution < -0.4 is 5.32 Å². The SMILES string of the molecule is CCCNc1ccncc1C(=O)N1CCCS(=O)(=O)CC1. The predicted octanol–water partition coefficient (Wildman–Crippen LogP) is 1.16. The fourth-order valence-electron chi connectivity index (χ4n) is 2.29. The van der Waals surface area contributed by atoms with E-state index in [1.54, 1.807) is 23.4 Å². The number of carbonyl (C=O) groups is 1. The number of nitrogens with one attached hydrogen (secondary N) is 1. The molecule has 1 fully saturated rings. The Labute approximate surface area is 125 Å². The van der Waals surface area contributed by atoms with Crippen LogP contribution in [0.1, 0.15) is 30.1 Å². The molecule has 116 valence electrons. The van der Waals surface area contributed by atoms with Crippen molar-refractivity contribution in [2.75, 3.05) is 36.5 Å². The van der Waals surface area contributed by atoms with Crippen molar-refractivity contribution >= 4 is 21.4 Å². The minimum absolute atomic E-state index is 0.0384. The summed E-state index contributed by atoms with van der Waals surface area (Å²) < 4.78 is 23.2. The molecule has 0 radical (unpaired) electrons. The Balaban J connectivity index is 2.16. The molecule has 0 aliphatic carbocycles. The summed E-state index contributed by atoms with van der Waals surface area (Å²) in [5.41, 5.74) is 1.26. The molecule has 7 heteroatoms. The van der Waals surface area contributed by atoms with Gasteiger partial charge >= 0.3 is 0 Å². The van der Waals surface area contributed by atoms with Gasteiger partial charge in [-0.3, -0.25) is 9.78 Å². The molecule has 1 saturated heterocycles. The van der Waals surface area contributed by atoms with Crippen molar-refractivity contribution in [3.8, 4) is 0 Å². The topological polar surface area (TPSA) is 79.4 Å². The van der Waals surface area contributed by atoms with Gasteiger partial charge in [-0.25, -0.2) is 8.42 Å². The van der Waals surface area contributed by atoms with Gasteiger partial charge in [0.1, 0.15) is 0 Å². The molecule has 0 atom stereocenters. The van der Waals surface area contributed by atoms with Crippen LogP contribution in [0.15, 0.2) is 18.5 Å². The molecule has 6 nitrogen and oxygen atoms in total. The first kappa shape index (κ1) is 15.8. The summed E-state index contributed by atoms with van der Waals surface area (Å²) in [5, 5.41) is 3.21. The van der Waals surface area contributed by atoms with Crippen molar-refractivity contribution in [1.82, 2.24) is 9.88 Å². The van der Waals surface area contributed by atoms with Crippen LogP contribution in [0.3, 0.4) is 0 Å². The number of hydrogen-bond donors (Lipinski definition) is 1. The van der Waals surface area contributed by atoms with Gasteiger partial charge in [0.05, 0.1) is 22.8 Å². The van der Waals surface area contributed by atoms with E-state index >= 15 is 0 Å². The summed E-state index contributed by atoms with van der Waals surface area (Å²) >= 11 is 0. The van der Waals surface area contributed by atoms with Crippen LogP contribution in [0.2, 0.25) is 0 Å². The zero-order chi connectivity index (χ0) is 15.3. The molecule has 0 bridgehead atoms. The van der Waals surface area contributed by atoms with Crippen LogP contribution in [-0.4, -0.2) is 55.3 Å². The number of carbonyl (C=O) groups excluding carboxylic acids is 1. The number of sulfone groups is 1. The Morgan fingerprint density at radius 2 is 2.19 bits per heavy atom. The Kier molecular flexibility index (Phi) is 5.17. The van der Waals surface area contributed by atoms with E-state index in [0.29, 0.717) is 18.5 Å². The van der Waals surface area contributed by atoms with Gasteiger partial charge in [0.15, 0.2) is 9.84 Å². The molecule has 2 heterocycles. The largest absolute Gasteiger partial charge is 0.384 e. The van der Waals surface area contributed by atoms with Gasteiger partial charge in [-0.05, 0) is 18.9 Å². The van der Waals surface area contributed by atoms with Crippen LogP contribution >= 0.6 is 0 Å². The maximum Gasteiger partial charge on any atom is 0.257 e. The second-order valence-electron chi connectivity index (χ2n) is 5.15. The molecule has 0 spiro atoms. The van der Waals surface area contributed by atoms with Crippen molar-refractivity contribution in [2.24, 2.45) is 0 Å². The maximum atomic E-state index is 12.6. The van der Waals surface area contributed by atoms with Crippen molar-refractivity contribution < 1.29 is 13.2 Å². The lowest BCUT2D eigenvalue weighted by atomic mass is 10.2. The third kappa shape index (κ3) is 4.17. The van der Waals surface area contributed by atoms with Gasteiger partial charge in [-0.2, -0.15) is 0 Å². The summed E-state index contributed by atoms with van der Waals surface area (Å²) in [6, 6.07) is 1.78. The lowest BCUT2D eigenvalue weighted by Gasteiger charge is -2.21. The van der Waals surface area contributed by atoms with Crippen molar-refractivity contribution in [3.63, 3.8) is 0 Å². The van der Waals surface area contributed by atoms with Crippen LogP contribution in [-0.2, 0) is 9.84 Å². The van der Waals surface area contributed by atoms with Crippen LogP contribution in [0.4, 0.5) is 5.69 Å². The first-order valence-corrected chi connectivity index (χ1v) is 9.03. The van der Waals surface area contributed by atoms with E-state index in [2.05, 4.69) is 17.2 Å². The normalized spacial score (nSPS) is 18.0. The average molecular weight is 311 g/mol. The molecular formula is C14H21N3O3S. The highest BCUT2D eigenvalue weighted by molar-refractivity contribution is 7.91. The monoisotopic (exact) mass is 311 g/mol. The molecule has 21 heavy (non-hydrogen) atoms. The summed E-state index contributed by atoms with van der Waals surface area (Å²) in [6.07, 6.45) is 4.63. The summed E-state index contributed by atoms with van der Waals surface area (Å²) in [6.45, 7) is 3.55. The summed E-state index contributed by atoms with van der Waals surface area (Å²) in [5.74, 6) is 0.0420. The molecule has 1 N–H and O–H groups in total. The Hall–Kier alpha value is -1.63. The smallest absolute Gasteiger partial charge is 0.257 e. The lowest BCUT2D eigenvalue weighted by molar-refractivity contribution is 0.0769. The van der Waals surface area contributed by atoms with Crippen LogP contribution in [0, 0.1) is 0 Å². The first-order valence-electron chi connectivity index (χ1n) is 7.21. The number of rotatable bonds is 4. The molecule has 1 aromatic rings. The molecule has 2 rings (SSSR count). The molecule has 1 amide bonds. The third-order valence-electron chi connectivity index (χ3n) is 3.46. The number of pyridine rings is 1. The summed E-state index contributed by atoms with van der Waals surface area (Å²) in [4.78, 5) is 18.2. The van der Waals surface area contributed by atoms with Crippen molar-refractivity contribution in [3.05, 3.63) is 24.0 Å². The molecule has 1 aromatic heterocycles. The van der Waals surface area contributed by atoms with Crippen molar-refractivity contribution in [1.29, 1.82) is 0 Å². The number of nitrogens with zero attached hydrogens (tertiary/aromatic N) is 2. The Morgan fingerprint density at radius 1 is 1.38 bits per heavy atom. The minimum Gasteiger partial charge on any atom is -0.384 e. The number of aromatic nitrogens is 1. The van der Waals surface area contributed by atoms with Gasteiger partial charge in [-0.15, -0.1) is 0 Å². The standard InChI is InChI=1S/C14H21N3O3S/c1-2-5-16-13-4-6-15-11-12(13)14(18)17-7-3-9-21(19,20)10-8-17/h4,6,11H,2-3,5,7-10H2,1H3,(H,15,16). The van der Waals surface area contributed by atoms with Gasteiger partial charge in [0.25, 0.3) is 5.91 Å². The van der Waals surface area contributed by atoms with E-state index in [4.69, 9.17) is 0 Å². The number of hydrogen-bond acceptors (Lipinski definition) is 5. The fourth-order valence-corrected chi connectivity index (χ4v) is 3.56. The molecule has 1 aliphatic heterocycles. The second-order valence-corrected chi connectivity index (χ2v) is 7.45. The van der Waals surface area contributed by atoms with Gasteiger partial charge < -0.3 is 10.2 Å². The van der Waals surface area contributed by atoms with Gasteiger partial charge in [0.2, 0.25) is 0 Å². The first-order chi connectivity index (χ1) is 10.0. The zero-order valence-corrected chi connectivity index (χ0v) is 13.0. The van der Waals surface area contributed by atoms with E-state index < -0.39 is 9.84 Å². The quantitative estimate of drug-likeness (QED) is 0.903. The maximum absolute atomic E-state index is 12.6. The molecule has 0 saturated carbocycles. The van der Waals surface area contributed by atoms with E-state index in [-0.39, 0.29) is 24.0 Å². The Bertz CT molecular complexity index is 601. The lowest BCUT2D eigenvalue weighted by Crippen LogP contribution is -2.34. The van der Waals surface area contributed by atoms with E-state index in [1.165, 1.54) is 0 Å². The minimum atomic E-state index is -3.02. The molecule has 0 aromatic carbocycles. The predicted molar refractivity (Wildman–Crippen MR) is 82.2 cm³/mol. The highest BCUT2D eigenvalue weighted by atomic mass is 32.2.